The highest BCUT2D eigenvalue weighted by molar-refractivity contribution is 5.55. The summed E-state index contributed by atoms with van der Waals surface area (Å²) in [7, 11) is 0. The fourth-order valence-corrected chi connectivity index (χ4v) is 3.86. The number of oxazole rings is 1. The van der Waals surface area contributed by atoms with Gasteiger partial charge >= 0.3 is 0 Å². The lowest BCUT2D eigenvalue weighted by molar-refractivity contribution is 0.116. The fourth-order valence-electron chi connectivity index (χ4n) is 3.86. The molecule has 1 aromatic heterocycles. The van der Waals surface area contributed by atoms with Crippen LogP contribution in [0.2, 0.25) is 0 Å². The Balaban J connectivity index is 1.32. The van der Waals surface area contributed by atoms with Gasteiger partial charge < -0.3 is 9.32 Å². The molecule has 0 saturated carbocycles. The number of aromatic nitrogens is 1. The first-order chi connectivity index (χ1) is 11.4. The van der Waals surface area contributed by atoms with E-state index in [2.05, 4.69) is 26.9 Å². The van der Waals surface area contributed by atoms with Crippen molar-refractivity contribution in [2.24, 2.45) is 0 Å². The minimum absolute atomic E-state index is 0.804. The number of likely N-dealkylation sites (tertiary alicyclic amines) is 2. The SMILES string of the molecule is c1ccc(-c2cnc(CN3CCC(N4CCCC4)CC3)o2)cc1. The zero-order chi connectivity index (χ0) is 15.5. The van der Waals surface area contributed by atoms with Crippen LogP contribution in [0.4, 0.5) is 0 Å². The van der Waals surface area contributed by atoms with Gasteiger partial charge in [-0.3, -0.25) is 4.90 Å². The first-order valence-corrected chi connectivity index (χ1v) is 8.85. The van der Waals surface area contributed by atoms with Crippen LogP contribution in [0.1, 0.15) is 31.6 Å². The molecule has 0 unspecified atom stereocenters. The van der Waals surface area contributed by atoms with Gasteiger partial charge in [-0.15, -0.1) is 0 Å². The van der Waals surface area contributed by atoms with E-state index in [4.69, 9.17) is 4.42 Å². The Bertz CT molecular complexity index is 611. The summed E-state index contributed by atoms with van der Waals surface area (Å²) in [5.41, 5.74) is 1.10. The molecule has 23 heavy (non-hydrogen) atoms. The fraction of sp³-hybridized carbons (Fsp3) is 0.526. The Kier molecular flexibility index (Phi) is 4.44. The van der Waals surface area contributed by atoms with Crippen molar-refractivity contribution in [2.75, 3.05) is 26.2 Å². The molecule has 0 atom stereocenters. The van der Waals surface area contributed by atoms with Crippen molar-refractivity contribution in [3.05, 3.63) is 42.4 Å². The quantitative estimate of drug-likeness (QED) is 0.866. The summed E-state index contributed by atoms with van der Waals surface area (Å²) in [5.74, 6) is 1.70. The van der Waals surface area contributed by atoms with Crippen molar-refractivity contribution >= 4 is 0 Å². The highest BCUT2D eigenvalue weighted by atomic mass is 16.4. The van der Waals surface area contributed by atoms with E-state index in [1.54, 1.807) is 0 Å². The van der Waals surface area contributed by atoms with Gasteiger partial charge in [0.2, 0.25) is 5.89 Å². The molecule has 0 radical (unpaired) electrons. The molecule has 1 aromatic carbocycles. The van der Waals surface area contributed by atoms with E-state index in [1.165, 1.54) is 38.8 Å². The topological polar surface area (TPSA) is 32.5 Å². The van der Waals surface area contributed by atoms with Gasteiger partial charge in [-0.2, -0.15) is 0 Å². The highest BCUT2D eigenvalue weighted by Gasteiger charge is 2.26. The van der Waals surface area contributed by atoms with Crippen molar-refractivity contribution in [3.63, 3.8) is 0 Å². The number of rotatable bonds is 4. The number of piperidine rings is 1. The molecule has 4 rings (SSSR count). The molecule has 0 spiro atoms. The third-order valence-electron chi connectivity index (χ3n) is 5.18. The number of benzene rings is 1. The van der Waals surface area contributed by atoms with Crippen molar-refractivity contribution in [3.8, 4) is 11.3 Å². The summed E-state index contributed by atoms with van der Waals surface area (Å²) in [6.07, 6.45) is 7.19. The highest BCUT2D eigenvalue weighted by Crippen LogP contribution is 2.24. The van der Waals surface area contributed by atoms with Crippen LogP contribution in [0.15, 0.2) is 40.9 Å². The van der Waals surface area contributed by atoms with Gasteiger partial charge in [0.1, 0.15) is 0 Å². The number of hydrogen-bond donors (Lipinski definition) is 0. The van der Waals surface area contributed by atoms with Crippen LogP contribution in [-0.4, -0.2) is 47.0 Å². The molecular weight excluding hydrogens is 286 g/mol. The molecule has 2 fully saturated rings. The van der Waals surface area contributed by atoms with E-state index in [-0.39, 0.29) is 0 Å². The molecule has 0 bridgehead atoms. The van der Waals surface area contributed by atoms with Gasteiger partial charge in [-0.05, 0) is 38.8 Å². The third-order valence-corrected chi connectivity index (χ3v) is 5.18. The van der Waals surface area contributed by atoms with Gasteiger partial charge in [0.15, 0.2) is 5.76 Å². The molecule has 2 aliphatic heterocycles. The maximum atomic E-state index is 5.94. The zero-order valence-electron chi connectivity index (χ0n) is 13.7. The van der Waals surface area contributed by atoms with Crippen LogP contribution < -0.4 is 0 Å². The van der Waals surface area contributed by atoms with Crippen molar-refractivity contribution in [2.45, 2.75) is 38.3 Å². The molecule has 4 nitrogen and oxygen atoms in total. The smallest absolute Gasteiger partial charge is 0.209 e. The predicted octanol–water partition coefficient (Wildman–Crippen LogP) is 3.40. The first-order valence-electron chi connectivity index (χ1n) is 8.85. The molecule has 4 heteroatoms. The van der Waals surface area contributed by atoms with Crippen LogP contribution in [0, 0.1) is 0 Å². The van der Waals surface area contributed by atoms with Crippen molar-refractivity contribution in [1.29, 1.82) is 0 Å². The van der Waals surface area contributed by atoms with Crippen LogP contribution in [0.3, 0.4) is 0 Å². The second-order valence-electron chi connectivity index (χ2n) is 6.73. The van der Waals surface area contributed by atoms with E-state index < -0.39 is 0 Å². The molecule has 2 saturated heterocycles. The molecule has 2 aromatic rings. The van der Waals surface area contributed by atoms with Crippen LogP contribution >= 0.6 is 0 Å². The van der Waals surface area contributed by atoms with E-state index >= 15 is 0 Å². The summed E-state index contributed by atoms with van der Waals surface area (Å²) < 4.78 is 5.94. The van der Waals surface area contributed by atoms with Crippen LogP contribution in [0.5, 0.6) is 0 Å². The number of nitrogens with zero attached hydrogens (tertiary/aromatic N) is 3. The lowest BCUT2D eigenvalue weighted by atomic mass is 10.0. The van der Waals surface area contributed by atoms with E-state index in [1.807, 2.05) is 24.4 Å². The molecule has 0 aliphatic carbocycles. The van der Waals surface area contributed by atoms with Crippen molar-refractivity contribution in [1.82, 2.24) is 14.8 Å². The molecule has 2 aliphatic rings. The first kappa shape index (κ1) is 14.9. The van der Waals surface area contributed by atoms with Gasteiger partial charge in [0.25, 0.3) is 0 Å². The van der Waals surface area contributed by atoms with Gasteiger partial charge in [-0.1, -0.05) is 30.3 Å². The van der Waals surface area contributed by atoms with Gasteiger partial charge in [0.05, 0.1) is 12.7 Å². The van der Waals surface area contributed by atoms with Crippen LogP contribution in [0.25, 0.3) is 11.3 Å². The minimum Gasteiger partial charge on any atom is -0.439 e. The predicted molar refractivity (Wildman–Crippen MR) is 91.0 cm³/mol. The van der Waals surface area contributed by atoms with Crippen molar-refractivity contribution < 1.29 is 4.42 Å². The second-order valence-corrected chi connectivity index (χ2v) is 6.73. The van der Waals surface area contributed by atoms with Gasteiger partial charge in [0, 0.05) is 24.7 Å². The van der Waals surface area contributed by atoms with E-state index in [0.29, 0.717) is 0 Å². The monoisotopic (exact) mass is 311 g/mol. The largest absolute Gasteiger partial charge is 0.439 e. The molecular formula is C19H25N3O. The average molecular weight is 311 g/mol. The Morgan fingerprint density at radius 1 is 1.00 bits per heavy atom. The van der Waals surface area contributed by atoms with Crippen LogP contribution in [-0.2, 0) is 6.54 Å². The Morgan fingerprint density at radius 3 is 2.48 bits per heavy atom. The molecule has 0 N–H and O–H groups in total. The number of hydrogen-bond acceptors (Lipinski definition) is 4. The Hall–Kier alpha value is -1.65. The summed E-state index contributed by atoms with van der Waals surface area (Å²) in [6, 6.07) is 11.0. The maximum Gasteiger partial charge on any atom is 0.209 e. The van der Waals surface area contributed by atoms with E-state index in [9.17, 15) is 0 Å². The lowest BCUT2D eigenvalue weighted by Gasteiger charge is -2.36. The summed E-state index contributed by atoms with van der Waals surface area (Å²) in [4.78, 5) is 9.63. The lowest BCUT2D eigenvalue weighted by Crippen LogP contribution is -2.43. The molecule has 122 valence electrons. The van der Waals surface area contributed by atoms with Gasteiger partial charge in [-0.25, -0.2) is 4.98 Å². The average Bonchev–Trinajstić information content (AvgIpc) is 3.28. The summed E-state index contributed by atoms with van der Waals surface area (Å²) in [6.45, 7) is 5.77. The zero-order valence-corrected chi connectivity index (χ0v) is 13.7. The minimum atomic E-state index is 0.804. The molecule has 0 amide bonds. The second kappa shape index (κ2) is 6.85. The maximum absolute atomic E-state index is 5.94. The Labute approximate surface area is 138 Å². The standard InChI is InChI=1S/C19H25N3O/c1-2-6-16(7-3-1)18-14-20-19(23-18)15-21-12-8-17(9-13-21)22-10-4-5-11-22/h1-3,6-7,14,17H,4-5,8-13,15H2. The van der Waals surface area contributed by atoms with E-state index in [0.717, 1.165) is 42.9 Å². The summed E-state index contributed by atoms with van der Waals surface area (Å²) >= 11 is 0. The normalized spacial score (nSPS) is 21.0. The summed E-state index contributed by atoms with van der Waals surface area (Å²) in [5, 5.41) is 0. The Morgan fingerprint density at radius 2 is 1.74 bits per heavy atom. The molecule has 3 heterocycles. The third kappa shape index (κ3) is 3.48.